The number of carbonyl (C=O) groups excluding carboxylic acids is 1. The molecule has 0 atom stereocenters. The number of nitrogens with one attached hydrogen (secondary N) is 2. The van der Waals surface area contributed by atoms with Crippen LogP contribution in [-0.4, -0.2) is 16.1 Å². The largest absolute Gasteiger partial charge is 0.309 e. The molecule has 6 heteroatoms. The van der Waals surface area contributed by atoms with Gasteiger partial charge in [-0.2, -0.15) is 5.10 Å². The second kappa shape index (κ2) is 6.38. The number of amides is 1. The van der Waals surface area contributed by atoms with Gasteiger partial charge in [0.05, 0.1) is 10.5 Å². The van der Waals surface area contributed by atoms with Crippen molar-refractivity contribution < 1.29 is 9.18 Å². The average molecular weight is 332 g/mol. The molecular formula is C17H15ClFN3O. The fourth-order valence-electron chi connectivity index (χ4n) is 2.39. The van der Waals surface area contributed by atoms with Gasteiger partial charge in [-0.1, -0.05) is 30.7 Å². The summed E-state index contributed by atoms with van der Waals surface area (Å²) in [5.74, 6) is 0.0105. The third kappa shape index (κ3) is 3.19. The van der Waals surface area contributed by atoms with Crippen molar-refractivity contribution >= 4 is 34.2 Å². The molecule has 118 valence electrons. The van der Waals surface area contributed by atoms with Crippen molar-refractivity contribution in [1.29, 1.82) is 0 Å². The van der Waals surface area contributed by atoms with E-state index in [4.69, 9.17) is 11.6 Å². The first kappa shape index (κ1) is 15.5. The normalized spacial score (nSPS) is 10.9. The lowest BCUT2D eigenvalue weighted by Crippen LogP contribution is -2.10. The first-order valence-corrected chi connectivity index (χ1v) is 7.69. The Hall–Kier alpha value is -2.40. The van der Waals surface area contributed by atoms with Crippen molar-refractivity contribution in [2.45, 2.75) is 19.8 Å². The maximum Gasteiger partial charge on any atom is 0.225 e. The number of hydrogen-bond donors (Lipinski definition) is 2. The SMILES string of the molecule is CCCC(=O)Nc1n[nH]c2cc(-c3ccc(F)c(Cl)c3)ccc12. The van der Waals surface area contributed by atoms with Crippen LogP contribution in [0.15, 0.2) is 36.4 Å². The Morgan fingerprint density at radius 3 is 2.74 bits per heavy atom. The van der Waals surface area contributed by atoms with Gasteiger partial charge in [-0.25, -0.2) is 4.39 Å². The van der Waals surface area contributed by atoms with Crippen molar-refractivity contribution in [3.63, 3.8) is 0 Å². The Bertz CT molecular complexity index is 875. The van der Waals surface area contributed by atoms with Crippen molar-refractivity contribution in [3.05, 3.63) is 47.2 Å². The molecule has 2 aromatic carbocycles. The summed E-state index contributed by atoms with van der Waals surface area (Å²) in [5, 5.41) is 10.7. The average Bonchev–Trinajstić information content (AvgIpc) is 2.92. The standard InChI is InChI=1S/C17H15ClFN3O/c1-2-3-16(23)20-17-12-6-4-11(9-15(12)21-22-17)10-5-7-14(19)13(18)8-10/h4-9H,2-3H2,1H3,(H2,20,21,22,23). The first-order valence-electron chi connectivity index (χ1n) is 7.32. The van der Waals surface area contributed by atoms with Gasteiger partial charge < -0.3 is 5.32 Å². The van der Waals surface area contributed by atoms with Gasteiger partial charge in [0.25, 0.3) is 0 Å². The van der Waals surface area contributed by atoms with E-state index in [9.17, 15) is 9.18 Å². The lowest BCUT2D eigenvalue weighted by atomic mass is 10.0. The minimum atomic E-state index is -0.445. The molecule has 0 aliphatic heterocycles. The monoisotopic (exact) mass is 331 g/mol. The van der Waals surface area contributed by atoms with E-state index in [1.54, 1.807) is 12.1 Å². The third-order valence-electron chi connectivity index (χ3n) is 3.55. The molecule has 0 unspecified atom stereocenters. The molecule has 0 saturated carbocycles. The zero-order valence-corrected chi connectivity index (χ0v) is 13.2. The number of fused-ring (bicyclic) bond motifs is 1. The lowest BCUT2D eigenvalue weighted by Gasteiger charge is -2.04. The van der Waals surface area contributed by atoms with E-state index < -0.39 is 5.82 Å². The summed E-state index contributed by atoms with van der Waals surface area (Å²) in [6.45, 7) is 1.95. The highest BCUT2D eigenvalue weighted by Crippen LogP contribution is 2.29. The molecule has 0 fully saturated rings. The molecule has 2 N–H and O–H groups in total. The number of aromatic amines is 1. The summed E-state index contributed by atoms with van der Waals surface area (Å²) in [4.78, 5) is 11.7. The van der Waals surface area contributed by atoms with Crippen LogP contribution >= 0.6 is 11.6 Å². The number of carbonyl (C=O) groups is 1. The smallest absolute Gasteiger partial charge is 0.225 e. The first-order chi connectivity index (χ1) is 11.1. The molecule has 0 saturated heterocycles. The summed E-state index contributed by atoms with van der Waals surface area (Å²) >= 11 is 5.83. The number of aromatic nitrogens is 2. The van der Waals surface area contributed by atoms with E-state index >= 15 is 0 Å². The number of H-pyrrole nitrogens is 1. The third-order valence-corrected chi connectivity index (χ3v) is 3.84. The lowest BCUT2D eigenvalue weighted by molar-refractivity contribution is -0.116. The van der Waals surface area contributed by atoms with Gasteiger partial charge in [-0.3, -0.25) is 9.89 Å². The van der Waals surface area contributed by atoms with E-state index in [1.165, 1.54) is 6.07 Å². The predicted molar refractivity (Wildman–Crippen MR) is 90.0 cm³/mol. The van der Waals surface area contributed by atoms with E-state index in [0.29, 0.717) is 12.2 Å². The molecule has 0 aliphatic rings. The van der Waals surface area contributed by atoms with E-state index in [1.807, 2.05) is 25.1 Å². The van der Waals surface area contributed by atoms with Crippen LogP contribution in [0.1, 0.15) is 19.8 Å². The minimum Gasteiger partial charge on any atom is -0.309 e. The Morgan fingerprint density at radius 2 is 2.00 bits per heavy atom. The number of benzene rings is 2. The molecule has 3 rings (SSSR count). The van der Waals surface area contributed by atoms with Gasteiger partial charge in [0, 0.05) is 11.8 Å². The molecule has 0 bridgehead atoms. The Labute approximate surface area is 137 Å². The molecule has 3 aromatic rings. The van der Waals surface area contributed by atoms with Crippen LogP contribution in [0.2, 0.25) is 5.02 Å². The maximum atomic E-state index is 13.3. The molecule has 1 amide bonds. The zero-order valence-electron chi connectivity index (χ0n) is 12.5. The maximum absolute atomic E-state index is 13.3. The van der Waals surface area contributed by atoms with E-state index in [-0.39, 0.29) is 10.9 Å². The minimum absolute atomic E-state index is 0.0599. The Balaban J connectivity index is 1.94. The molecule has 1 heterocycles. The van der Waals surface area contributed by atoms with Crippen LogP contribution in [0.25, 0.3) is 22.0 Å². The molecule has 23 heavy (non-hydrogen) atoms. The fraction of sp³-hybridized carbons (Fsp3) is 0.176. The topological polar surface area (TPSA) is 57.8 Å². The van der Waals surface area contributed by atoms with Crippen molar-refractivity contribution in [2.75, 3.05) is 5.32 Å². The fourth-order valence-corrected chi connectivity index (χ4v) is 2.57. The number of anilines is 1. The zero-order chi connectivity index (χ0) is 16.4. The quantitative estimate of drug-likeness (QED) is 0.724. The van der Waals surface area contributed by atoms with Gasteiger partial charge in [-0.05, 0) is 41.8 Å². The highest BCUT2D eigenvalue weighted by atomic mass is 35.5. The predicted octanol–water partition coefficient (Wildman–Crippen LogP) is 4.76. The molecule has 0 aliphatic carbocycles. The number of nitrogens with zero attached hydrogens (tertiary/aromatic N) is 1. The van der Waals surface area contributed by atoms with Crippen LogP contribution in [-0.2, 0) is 4.79 Å². The molecule has 0 radical (unpaired) electrons. The Morgan fingerprint density at radius 1 is 1.26 bits per heavy atom. The molecule has 0 spiro atoms. The summed E-state index contributed by atoms with van der Waals surface area (Å²) < 4.78 is 13.3. The van der Waals surface area contributed by atoms with Crippen molar-refractivity contribution in [2.24, 2.45) is 0 Å². The second-order valence-electron chi connectivity index (χ2n) is 5.26. The highest BCUT2D eigenvalue weighted by Gasteiger charge is 2.10. The Kier molecular flexibility index (Phi) is 4.30. The van der Waals surface area contributed by atoms with Gasteiger partial charge in [0.15, 0.2) is 5.82 Å². The van der Waals surface area contributed by atoms with Gasteiger partial charge >= 0.3 is 0 Å². The van der Waals surface area contributed by atoms with E-state index in [2.05, 4.69) is 15.5 Å². The van der Waals surface area contributed by atoms with E-state index in [0.717, 1.165) is 28.5 Å². The van der Waals surface area contributed by atoms with Crippen LogP contribution in [0.4, 0.5) is 10.2 Å². The molecular weight excluding hydrogens is 317 g/mol. The highest BCUT2D eigenvalue weighted by molar-refractivity contribution is 6.31. The van der Waals surface area contributed by atoms with Crippen LogP contribution in [0.5, 0.6) is 0 Å². The molecule has 4 nitrogen and oxygen atoms in total. The number of rotatable bonds is 4. The van der Waals surface area contributed by atoms with Gasteiger partial charge in [-0.15, -0.1) is 0 Å². The van der Waals surface area contributed by atoms with Crippen LogP contribution < -0.4 is 5.32 Å². The number of hydrogen-bond acceptors (Lipinski definition) is 2. The number of halogens is 2. The van der Waals surface area contributed by atoms with Crippen LogP contribution in [0, 0.1) is 5.82 Å². The summed E-state index contributed by atoms with van der Waals surface area (Å²) in [5.41, 5.74) is 2.48. The van der Waals surface area contributed by atoms with Crippen LogP contribution in [0.3, 0.4) is 0 Å². The summed E-state index contributed by atoms with van der Waals surface area (Å²) in [6, 6.07) is 10.2. The summed E-state index contributed by atoms with van der Waals surface area (Å²) in [7, 11) is 0. The summed E-state index contributed by atoms with van der Waals surface area (Å²) in [6.07, 6.45) is 1.24. The van der Waals surface area contributed by atoms with Gasteiger partial charge in [0.1, 0.15) is 5.82 Å². The van der Waals surface area contributed by atoms with Crippen molar-refractivity contribution in [1.82, 2.24) is 10.2 Å². The van der Waals surface area contributed by atoms with Crippen molar-refractivity contribution in [3.8, 4) is 11.1 Å². The molecule has 1 aromatic heterocycles. The second-order valence-corrected chi connectivity index (χ2v) is 5.67. The van der Waals surface area contributed by atoms with Gasteiger partial charge in [0.2, 0.25) is 5.91 Å².